The van der Waals surface area contributed by atoms with Gasteiger partial charge in [0.15, 0.2) is 0 Å². The second-order valence-electron chi connectivity index (χ2n) is 9.32. The molecule has 1 saturated carbocycles. The van der Waals surface area contributed by atoms with Gasteiger partial charge in [0, 0.05) is 28.2 Å². The average Bonchev–Trinajstić information content (AvgIpc) is 3.34. The molecule has 2 amide bonds. The summed E-state index contributed by atoms with van der Waals surface area (Å²) >= 11 is 18.7. The maximum absolute atomic E-state index is 13.7. The molecular weight excluding hydrogens is 602 g/mol. The van der Waals surface area contributed by atoms with Crippen molar-refractivity contribution < 1.29 is 31.2 Å². The molecule has 2 aromatic rings. The van der Waals surface area contributed by atoms with Crippen LogP contribution in [-0.4, -0.2) is 50.0 Å². The zero-order valence-electron chi connectivity index (χ0n) is 21.1. The van der Waals surface area contributed by atoms with Crippen LogP contribution in [0.2, 0.25) is 15.1 Å². The first-order chi connectivity index (χ1) is 18.1. The van der Waals surface area contributed by atoms with Gasteiger partial charge in [0.2, 0.25) is 21.8 Å². The Morgan fingerprint density at radius 1 is 1.05 bits per heavy atom. The first-order valence-electron chi connectivity index (χ1n) is 12.0. The summed E-state index contributed by atoms with van der Waals surface area (Å²) < 4.78 is 66.0. The predicted octanol–water partition coefficient (Wildman–Crippen LogP) is 5.91. The van der Waals surface area contributed by atoms with E-state index in [2.05, 4.69) is 5.32 Å². The molecule has 0 saturated heterocycles. The molecule has 1 N–H and O–H groups in total. The monoisotopic (exact) mass is 627 g/mol. The number of carbonyl (C=O) groups is 2. The van der Waals surface area contributed by atoms with E-state index < -0.39 is 51.9 Å². The Morgan fingerprint density at radius 3 is 2.18 bits per heavy atom. The number of amides is 2. The molecule has 0 radical (unpaired) electrons. The third-order valence-electron chi connectivity index (χ3n) is 6.48. The Bertz CT molecular complexity index is 1320. The van der Waals surface area contributed by atoms with Crippen molar-refractivity contribution in [2.75, 3.05) is 17.1 Å². The molecule has 0 aromatic heterocycles. The summed E-state index contributed by atoms with van der Waals surface area (Å²) in [6, 6.07) is 5.69. The third kappa shape index (κ3) is 7.93. The van der Waals surface area contributed by atoms with Crippen LogP contribution < -0.4 is 9.62 Å². The second-order valence-corrected chi connectivity index (χ2v) is 12.4. The Kier molecular flexibility index (Phi) is 10.1. The fourth-order valence-corrected chi connectivity index (χ4v) is 5.94. The van der Waals surface area contributed by atoms with Crippen molar-refractivity contribution in [3.63, 3.8) is 0 Å². The van der Waals surface area contributed by atoms with E-state index in [1.165, 1.54) is 6.92 Å². The molecule has 14 heteroatoms. The number of hydrogen-bond donors (Lipinski definition) is 1. The van der Waals surface area contributed by atoms with Gasteiger partial charge >= 0.3 is 6.18 Å². The smallest absolute Gasteiger partial charge is 0.352 e. The molecule has 7 nitrogen and oxygen atoms in total. The van der Waals surface area contributed by atoms with E-state index >= 15 is 0 Å². The van der Waals surface area contributed by atoms with Crippen molar-refractivity contribution in [2.45, 2.75) is 57.4 Å². The van der Waals surface area contributed by atoms with Crippen molar-refractivity contribution in [3.05, 3.63) is 62.6 Å². The van der Waals surface area contributed by atoms with Gasteiger partial charge in [-0.05, 0) is 50.1 Å². The zero-order chi connectivity index (χ0) is 29.1. The van der Waals surface area contributed by atoms with E-state index in [0.717, 1.165) is 42.9 Å². The minimum absolute atomic E-state index is 0.0581. The van der Waals surface area contributed by atoms with E-state index in [1.807, 2.05) is 0 Å². The van der Waals surface area contributed by atoms with Crippen LogP contribution in [0.25, 0.3) is 0 Å². The lowest BCUT2D eigenvalue weighted by molar-refractivity contribution is -0.139. The summed E-state index contributed by atoms with van der Waals surface area (Å²) in [5, 5.41) is 3.01. The van der Waals surface area contributed by atoms with Crippen molar-refractivity contribution in [3.8, 4) is 0 Å². The number of carbonyl (C=O) groups excluding carboxylic acids is 2. The number of benzene rings is 2. The van der Waals surface area contributed by atoms with Crippen LogP contribution in [0.1, 0.15) is 43.7 Å². The van der Waals surface area contributed by atoms with Gasteiger partial charge in [0.05, 0.1) is 22.5 Å². The molecule has 39 heavy (non-hydrogen) atoms. The lowest BCUT2D eigenvalue weighted by Crippen LogP contribution is -2.52. The molecule has 0 spiro atoms. The molecule has 214 valence electrons. The molecule has 1 atom stereocenters. The van der Waals surface area contributed by atoms with Gasteiger partial charge in [0.1, 0.15) is 12.6 Å². The lowest BCUT2D eigenvalue weighted by atomic mass is 10.1. The number of hydrogen-bond acceptors (Lipinski definition) is 4. The topological polar surface area (TPSA) is 86.8 Å². The molecule has 2 aromatic carbocycles. The molecule has 3 rings (SSSR count). The van der Waals surface area contributed by atoms with E-state index in [-0.39, 0.29) is 27.7 Å². The van der Waals surface area contributed by atoms with Crippen molar-refractivity contribution >= 4 is 62.3 Å². The van der Waals surface area contributed by atoms with Crippen LogP contribution in [0.3, 0.4) is 0 Å². The molecule has 1 aliphatic rings. The first kappa shape index (κ1) is 31.3. The molecule has 0 heterocycles. The third-order valence-corrected chi connectivity index (χ3v) is 8.63. The molecule has 1 aliphatic carbocycles. The van der Waals surface area contributed by atoms with Crippen molar-refractivity contribution in [1.82, 2.24) is 10.2 Å². The van der Waals surface area contributed by atoms with Gasteiger partial charge in [-0.25, -0.2) is 8.42 Å². The highest BCUT2D eigenvalue weighted by Gasteiger charge is 2.35. The minimum atomic E-state index is -4.79. The summed E-state index contributed by atoms with van der Waals surface area (Å²) in [7, 11) is -4.30. The van der Waals surface area contributed by atoms with E-state index in [4.69, 9.17) is 34.8 Å². The van der Waals surface area contributed by atoms with Crippen molar-refractivity contribution in [1.29, 1.82) is 0 Å². The van der Waals surface area contributed by atoms with E-state index in [1.54, 1.807) is 18.2 Å². The van der Waals surface area contributed by atoms with Crippen LogP contribution in [0.4, 0.5) is 18.9 Å². The van der Waals surface area contributed by atoms with Crippen LogP contribution >= 0.6 is 34.8 Å². The van der Waals surface area contributed by atoms with E-state index in [9.17, 15) is 31.2 Å². The van der Waals surface area contributed by atoms with Crippen LogP contribution in [0.15, 0.2) is 36.4 Å². The summed E-state index contributed by atoms with van der Waals surface area (Å²) in [5.41, 5.74) is -1.36. The summed E-state index contributed by atoms with van der Waals surface area (Å²) in [6.45, 7) is 0.280. The lowest BCUT2D eigenvalue weighted by Gasteiger charge is -2.32. The maximum Gasteiger partial charge on any atom is 0.416 e. The second kappa shape index (κ2) is 12.5. The van der Waals surface area contributed by atoms with Crippen LogP contribution in [-0.2, 0) is 32.3 Å². The quantitative estimate of drug-likeness (QED) is 0.374. The summed E-state index contributed by atoms with van der Waals surface area (Å²) in [5.74, 6) is -1.35. The number of alkyl halides is 3. The predicted molar refractivity (Wildman–Crippen MR) is 146 cm³/mol. The molecule has 0 bridgehead atoms. The molecule has 1 fully saturated rings. The van der Waals surface area contributed by atoms with Crippen LogP contribution in [0.5, 0.6) is 0 Å². The molecule has 0 aliphatic heterocycles. The number of sulfonamides is 1. The highest BCUT2D eigenvalue weighted by atomic mass is 35.5. The standard InChI is InChI=1S/C25H27Cl3F3N3O4S/c1-15(24(36)32-17-6-3-4-7-17)33(13-18-19(26)8-5-9-20(18)27)23(35)14-34(39(2,37)38)22-12-16(25(29,30)31)10-11-21(22)28/h5,8-12,15,17H,3-4,6-7,13-14H2,1-2H3,(H,32,36). The largest absolute Gasteiger partial charge is 0.416 e. The van der Waals surface area contributed by atoms with Gasteiger partial charge in [-0.1, -0.05) is 53.7 Å². The minimum Gasteiger partial charge on any atom is -0.352 e. The number of rotatable bonds is 9. The molecule has 1 unspecified atom stereocenters. The Morgan fingerprint density at radius 2 is 1.64 bits per heavy atom. The number of nitrogens with one attached hydrogen (secondary N) is 1. The highest BCUT2D eigenvalue weighted by molar-refractivity contribution is 7.92. The van der Waals surface area contributed by atoms with Gasteiger partial charge in [-0.3, -0.25) is 13.9 Å². The fraction of sp³-hybridized carbons (Fsp3) is 0.440. The zero-order valence-corrected chi connectivity index (χ0v) is 24.1. The van der Waals surface area contributed by atoms with E-state index in [0.29, 0.717) is 22.0 Å². The number of halogens is 6. The SMILES string of the molecule is CC(C(=O)NC1CCCC1)N(Cc1c(Cl)cccc1Cl)C(=O)CN(c1cc(C(F)(F)F)ccc1Cl)S(C)(=O)=O. The maximum atomic E-state index is 13.7. The Balaban J connectivity index is 2.00. The first-order valence-corrected chi connectivity index (χ1v) is 14.9. The Hall–Kier alpha value is -2.21. The van der Waals surface area contributed by atoms with Crippen molar-refractivity contribution in [2.24, 2.45) is 0 Å². The number of nitrogens with zero attached hydrogens (tertiary/aromatic N) is 2. The number of anilines is 1. The van der Waals surface area contributed by atoms with Gasteiger partial charge in [0.25, 0.3) is 0 Å². The summed E-state index contributed by atoms with van der Waals surface area (Å²) in [6.07, 6.45) is -0.553. The Labute approximate surface area is 240 Å². The van der Waals surface area contributed by atoms with Gasteiger partial charge < -0.3 is 10.2 Å². The molecular formula is C25H27Cl3F3N3O4S. The fourth-order valence-electron chi connectivity index (χ4n) is 4.30. The highest BCUT2D eigenvalue weighted by Crippen LogP contribution is 2.36. The van der Waals surface area contributed by atoms with Gasteiger partial charge in [-0.15, -0.1) is 0 Å². The normalized spacial score (nSPS) is 15.2. The van der Waals surface area contributed by atoms with Crippen LogP contribution in [0, 0.1) is 0 Å². The van der Waals surface area contributed by atoms with Gasteiger partial charge in [-0.2, -0.15) is 13.2 Å². The average molecular weight is 629 g/mol. The summed E-state index contributed by atoms with van der Waals surface area (Å²) in [4.78, 5) is 27.9.